The maximum absolute atomic E-state index is 13.6. The number of furan rings is 1. The van der Waals surface area contributed by atoms with E-state index in [0.29, 0.717) is 30.3 Å². The van der Waals surface area contributed by atoms with Crippen LogP contribution in [0.2, 0.25) is 0 Å². The van der Waals surface area contributed by atoms with Crippen LogP contribution in [-0.2, 0) is 24.4 Å². The number of hydrogen-bond acceptors (Lipinski definition) is 6. The summed E-state index contributed by atoms with van der Waals surface area (Å²) >= 11 is 0. The number of aromatic nitrogens is 3. The minimum atomic E-state index is -0.0857. The highest BCUT2D eigenvalue weighted by Gasteiger charge is 2.22. The molecule has 0 bridgehead atoms. The van der Waals surface area contributed by atoms with Gasteiger partial charge in [-0.3, -0.25) is 9.48 Å². The van der Waals surface area contributed by atoms with Gasteiger partial charge in [-0.25, -0.2) is 4.98 Å². The molecule has 8 nitrogen and oxygen atoms in total. The van der Waals surface area contributed by atoms with Crippen LogP contribution in [0.3, 0.4) is 0 Å². The Hall–Kier alpha value is -4.59. The molecule has 0 saturated carbocycles. The molecule has 5 rings (SSSR count). The number of carbonyl (C=O) groups is 1. The van der Waals surface area contributed by atoms with E-state index >= 15 is 0 Å². The van der Waals surface area contributed by atoms with Crippen molar-refractivity contribution < 1.29 is 18.7 Å². The summed E-state index contributed by atoms with van der Waals surface area (Å²) in [5.41, 5.74) is 5.22. The highest BCUT2D eigenvalue weighted by atomic mass is 16.5. The topological polar surface area (TPSA) is 82.6 Å². The van der Waals surface area contributed by atoms with Crippen molar-refractivity contribution in [3.63, 3.8) is 0 Å². The highest BCUT2D eigenvalue weighted by Crippen LogP contribution is 2.36. The van der Waals surface area contributed by atoms with Crippen LogP contribution < -0.4 is 9.47 Å². The molecule has 0 radical (unpaired) electrons. The summed E-state index contributed by atoms with van der Waals surface area (Å²) in [4.78, 5) is 20.5. The van der Waals surface area contributed by atoms with E-state index in [1.165, 1.54) is 0 Å². The molecule has 194 valence electrons. The highest BCUT2D eigenvalue weighted by molar-refractivity contribution is 5.87. The Morgan fingerprint density at radius 3 is 2.58 bits per heavy atom. The Kier molecular flexibility index (Phi) is 7.13. The molecule has 0 aliphatic heterocycles. The van der Waals surface area contributed by atoms with Crippen molar-refractivity contribution in [3.05, 3.63) is 95.7 Å². The number of pyridine rings is 1. The second-order valence-electron chi connectivity index (χ2n) is 9.19. The van der Waals surface area contributed by atoms with Gasteiger partial charge in [-0.1, -0.05) is 18.2 Å². The van der Waals surface area contributed by atoms with Gasteiger partial charge >= 0.3 is 0 Å². The number of amides is 1. The molecule has 1 amide bonds. The van der Waals surface area contributed by atoms with Crippen molar-refractivity contribution in [1.29, 1.82) is 0 Å². The molecule has 5 aromatic rings. The van der Waals surface area contributed by atoms with Gasteiger partial charge < -0.3 is 18.8 Å². The number of hydrogen-bond donors (Lipinski definition) is 0. The third-order valence-electron chi connectivity index (χ3n) is 6.50. The van der Waals surface area contributed by atoms with Crippen LogP contribution in [-0.4, -0.2) is 39.8 Å². The van der Waals surface area contributed by atoms with Crippen molar-refractivity contribution >= 4 is 16.8 Å². The first-order valence-corrected chi connectivity index (χ1v) is 12.4. The number of ether oxygens (including phenoxy) is 2. The van der Waals surface area contributed by atoms with E-state index in [4.69, 9.17) is 18.9 Å². The lowest BCUT2D eigenvalue weighted by Crippen LogP contribution is -2.33. The lowest BCUT2D eigenvalue weighted by atomic mass is 10.00. The number of methoxy groups -OCH3 is 2. The number of nitrogens with zero attached hydrogens (tertiary/aromatic N) is 4. The molecule has 2 aromatic carbocycles. The van der Waals surface area contributed by atoms with E-state index in [-0.39, 0.29) is 12.5 Å². The normalized spacial score (nSPS) is 11.1. The zero-order valence-electron chi connectivity index (χ0n) is 22.0. The summed E-state index contributed by atoms with van der Waals surface area (Å²) < 4.78 is 18.5. The van der Waals surface area contributed by atoms with Crippen LogP contribution in [0.25, 0.3) is 22.2 Å². The fourth-order valence-corrected chi connectivity index (χ4v) is 4.56. The molecule has 3 heterocycles. The fraction of sp³-hybridized carbons (Fsp3) is 0.233. The van der Waals surface area contributed by atoms with E-state index in [2.05, 4.69) is 11.2 Å². The maximum atomic E-state index is 13.6. The molecule has 0 aliphatic carbocycles. The second kappa shape index (κ2) is 10.8. The largest absolute Gasteiger partial charge is 0.497 e. The van der Waals surface area contributed by atoms with E-state index in [1.54, 1.807) is 30.1 Å². The standard InChI is InChI=1S/C30H30N4O4/c1-20-7-5-8-22-15-23(30(31-29(20)22)26-16-24(36-3)10-11-27(26)37-4)17-33(18-25-9-6-14-38-25)28(35)19-34-13-12-21(2)32-34/h5-16H,17-19H2,1-4H3. The molecule has 0 spiro atoms. The van der Waals surface area contributed by atoms with Crippen LogP contribution >= 0.6 is 0 Å². The zero-order valence-corrected chi connectivity index (χ0v) is 22.0. The first-order chi connectivity index (χ1) is 18.4. The van der Waals surface area contributed by atoms with Crippen LogP contribution in [0.1, 0.15) is 22.6 Å². The van der Waals surface area contributed by atoms with Crippen LogP contribution in [0, 0.1) is 13.8 Å². The van der Waals surface area contributed by atoms with E-state index in [1.807, 2.05) is 74.6 Å². The molecule has 0 N–H and O–H groups in total. The van der Waals surface area contributed by atoms with Crippen LogP contribution in [0.15, 0.2) is 77.5 Å². The SMILES string of the molecule is COc1ccc(OC)c(-c2nc3c(C)cccc3cc2CN(Cc2ccco2)C(=O)Cn2ccc(C)n2)c1. The van der Waals surface area contributed by atoms with E-state index < -0.39 is 0 Å². The first-order valence-electron chi connectivity index (χ1n) is 12.4. The number of benzene rings is 2. The molecule has 0 atom stereocenters. The molecular formula is C30H30N4O4. The molecule has 38 heavy (non-hydrogen) atoms. The molecule has 8 heteroatoms. The third-order valence-corrected chi connectivity index (χ3v) is 6.50. The molecule has 0 aliphatic rings. The quantitative estimate of drug-likeness (QED) is 0.258. The number of para-hydroxylation sites is 1. The van der Waals surface area contributed by atoms with Crippen molar-refractivity contribution in [3.8, 4) is 22.8 Å². The molecular weight excluding hydrogens is 480 g/mol. The molecule has 0 saturated heterocycles. The van der Waals surface area contributed by atoms with Crippen LogP contribution in [0.4, 0.5) is 0 Å². The van der Waals surface area contributed by atoms with Gasteiger partial charge in [-0.2, -0.15) is 5.10 Å². The van der Waals surface area contributed by atoms with Crippen molar-refractivity contribution in [1.82, 2.24) is 19.7 Å². The maximum Gasteiger partial charge on any atom is 0.245 e. The minimum Gasteiger partial charge on any atom is -0.497 e. The van der Waals surface area contributed by atoms with Gasteiger partial charge in [-0.05, 0) is 67.4 Å². The summed E-state index contributed by atoms with van der Waals surface area (Å²) in [7, 11) is 3.27. The predicted octanol–water partition coefficient (Wildman–Crippen LogP) is 5.55. The Morgan fingerprint density at radius 2 is 1.87 bits per heavy atom. The number of rotatable bonds is 9. The lowest BCUT2D eigenvalue weighted by molar-refractivity contribution is -0.133. The van der Waals surface area contributed by atoms with Gasteiger partial charge in [0.2, 0.25) is 5.91 Å². The third kappa shape index (κ3) is 5.25. The summed E-state index contributed by atoms with van der Waals surface area (Å²) in [6, 6.07) is 19.4. The van der Waals surface area contributed by atoms with Gasteiger partial charge in [0.1, 0.15) is 23.8 Å². The Balaban J connectivity index is 1.62. The lowest BCUT2D eigenvalue weighted by Gasteiger charge is -2.24. The predicted molar refractivity (Wildman–Crippen MR) is 145 cm³/mol. The average Bonchev–Trinajstić information content (AvgIpc) is 3.59. The first kappa shape index (κ1) is 25.1. The Morgan fingerprint density at radius 1 is 1.00 bits per heavy atom. The van der Waals surface area contributed by atoms with Gasteiger partial charge in [0.15, 0.2) is 0 Å². The Bertz CT molecular complexity index is 1570. The van der Waals surface area contributed by atoms with Crippen molar-refractivity contribution in [2.45, 2.75) is 33.5 Å². The van der Waals surface area contributed by atoms with Crippen molar-refractivity contribution in [2.24, 2.45) is 0 Å². The average molecular weight is 511 g/mol. The molecule has 3 aromatic heterocycles. The van der Waals surface area contributed by atoms with Gasteiger partial charge in [0, 0.05) is 23.7 Å². The summed E-state index contributed by atoms with van der Waals surface area (Å²) in [5.74, 6) is 1.97. The monoisotopic (exact) mass is 510 g/mol. The molecule has 0 fully saturated rings. The van der Waals surface area contributed by atoms with Crippen LogP contribution in [0.5, 0.6) is 11.5 Å². The number of carbonyl (C=O) groups excluding carboxylic acids is 1. The molecule has 0 unspecified atom stereocenters. The van der Waals surface area contributed by atoms with E-state index in [9.17, 15) is 4.79 Å². The zero-order chi connectivity index (χ0) is 26.6. The number of aryl methyl sites for hydroxylation is 2. The fourth-order valence-electron chi connectivity index (χ4n) is 4.56. The second-order valence-corrected chi connectivity index (χ2v) is 9.19. The van der Waals surface area contributed by atoms with E-state index in [0.717, 1.165) is 39.0 Å². The van der Waals surface area contributed by atoms with Gasteiger partial charge in [-0.15, -0.1) is 0 Å². The smallest absolute Gasteiger partial charge is 0.245 e. The summed E-state index contributed by atoms with van der Waals surface area (Å²) in [6.07, 6.45) is 3.42. The Labute approximate surface area is 221 Å². The van der Waals surface area contributed by atoms with Gasteiger partial charge in [0.25, 0.3) is 0 Å². The summed E-state index contributed by atoms with van der Waals surface area (Å²) in [5, 5.41) is 5.40. The summed E-state index contributed by atoms with van der Waals surface area (Å²) in [6.45, 7) is 4.68. The number of fused-ring (bicyclic) bond motifs is 1. The van der Waals surface area contributed by atoms with Gasteiger partial charge in [0.05, 0.1) is 43.9 Å². The van der Waals surface area contributed by atoms with Crippen molar-refractivity contribution in [2.75, 3.05) is 14.2 Å². The minimum absolute atomic E-state index is 0.0857.